The van der Waals surface area contributed by atoms with E-state index in [1.165, 1.54) is 18.3 Å². The predicted octanol–water partition coefficient (Wildman–Crippen LogP) is 3.06. The third-order valence-electron chi connectivity index (χ3n) is 6.77. The van der Waals surface area contributed by atoms with Crippen LogP contribution in [0.25, 0.3) is 16.7 Å². The van der Waals surface area contributed by atoms with E-state index in [1.54, 1.807) is 40.2 Å². The molecule has 2 aromatic carbocycles. The molecule has 13 heteroatoms. The second-order valence-electron chi connectivity index (χ2n) is 8.86. The quantitative estimate of drug-likeness (QED) is 0.400. The number of aromatic nitrogens is 4. The van der Waals surface area contributed by atoms with Gasteiger partial charge in [-0.05, 0) is 30.3 Å². The maximum atomic E-state index is 15.8. The Bertz CT molecular complexity index is 1570. The topological polar surface area (TPSA) is 93.5 Å². The summed E-state index contributed by atoms with van der Waals surface area (Å²) >= 11 is 0. The Balaban J connectivity index is 1.25. The number of halogens is 3. The Morgan fingerprint density at radius 3 is 2.51 bits per heavy atom. The van der Waals surface area contributed by atoms with Crippen LogP contribution in [-0.2, 0) is 14.8 Å². The standard InChI is InChI=1S/C24H21F3N6O3S/c25-18-12-20-21(13-19(18)26)30-23(14-28-20)31-9-6-24(22(27)15-31)33(10-11-36-24)37(34,35)17-4-2-16(3-5-17)32-8-1-7-29-32/h1-5,7-8,12-14,22H,6,9-11,15H2/t22-,24-/m0/s1. The number of nitrogens with zero attached hydrogens (tertiary/aromatic N) is 6. The minimum Gasteiger partial charge on any atom is -0.355 e. The van der Waals surface area contributed by atoms with Crippen LogP contribution in [0, 0.1) is 11.6 Å². The van der Waals surface area contributed by atoms with E-state index in [2.05, 4.69) is 15.1 Å². The fourth-order valence-electron chi connectivity index (χ4n) is 4.89. The van der Waals surface area contributed by atoms with E-state index < -0.39 is 33.6 Å². The maximum absolute atomic E-state index is 15.8. The van der Waals surface area contributed by atoms with Gasteiger partial charge in [-0.3, -0.25) is 4.98 Å². The molecule has 0 N–H and O–H groups in total. The lowest BCUT2D eigenvalue weighted by atomic mass is 9.98. The highest BCUT2D eigenvalue weighted by molar-refractivity contribution is 7.89. The molecule has 0 saturated carbocycles. The Labute approximate surface area is 210 Å². The van der Waals surface area contributed by atoms with Crippen LogP contribution >= 0.6 is 0 Å². The lowest BCUT2D eigenvalue weighted by Gasteiger charge is -2.45. The number of hydrogen-bond donors (Lipinski definition) is 0. The average Bonchev–Trinajstić information content (AvgIpc) is 3.58. The number of alkyl halides is 1. The van der Waals surface area contributed by atoms with Gasteiger partial charge in [0.15, 0.2) is 23.5 Å². The molecule has 2 aliphatic heterocycles. The highest BCUT2D eigenvalue weighted by atomic mass is 32.2. The Hall–Kier alpha value is -3.55. The van der Waals surface area contributed by atoms with Crippen molar-refractivity contribution in [2.24, 2.45) is 0 Å². The first kappa shape index (κ1) is 23.8. The molecule has 192 valence electrons. The van der Waals surface area contributed by atoms with Gasteiger partial charge in [-0.2, -0.15) is 9.40 Å². The Kier molecular flexibility index (Phi) is 5.66. The molecular weight excluding hydrogens is 509 g/mol. The van der Waals surface area contributed by atoms with Crippen LogP contribution in [0.4, 0.5) is 19.0 Å². The molecule has 0 amide bonds. The van der Waals surface area contributed by atoms with Crippen LogP contribution in [-0.4, -0.2) is 70.6 Å². The second-order valence-corrected chi connectivity index (χ2v) is 10.7. The van der Waals surface area contributed by atoms with Gasteiger partial charge in [0.25, 0.3) is 0 Å². The van der Waals surface area contributed by atoms with Crippen LogP contribution in [0.3, 0.4) is 0 Å². The largest absolute Gasteiger partial charge is 0.355 e. The number of ether oxygens (including phenoxy) is 1. The van der Waals surface area contributed by atoms with E-state index in [9.17, 15) is 17.2 Å². The SMILES string of the molecule is O=S(=O)(c1ccc(-n2cccn2)cc1)N1CCO[C@]12CCN(c1cnc3cc(F)c(F)cc3n1)C[C@@H]2F. The third-order valence-corrected chi connectivity index (χ3v) is 8.71. The number of benzene rings is 2. The van der Waals surface area contributed by atoms with Gasteiger partial charge < -0.3 is 9.64 Å². The first-order valence-corrected chi connectivity index (χ1v) is 13.0. The number of sulfonamides is 1. The molecule has 0 bridgehead atoms. The molecule has 4 aromatic rings. The zero-order valence-electron chi connectivity index (χ0n) is 19.3. The summed E-state index contributed by atoms with van der Waals surface area (Å²) in [6.07, 6.45) is 3.05. The van der Waals surface area contributed by atoms with Gasteiger partial charge >= 0.3 is 0 Å². The highest BCUT2D eigenvalue weighted by Crippen LogP contribution is 2.40. The summed E-state index contributed by atoms with van der Waals surface area (Å²) in [7, 11) is -4.07. The number of piperidine rings is 1. The molecule has 1 spiro atoms. The van der Waals surface area contributed by atoms with Crippen LogP contribution in [0.5, 0.6) is 0 Å². The van der Waals surface area contributed by atoms with E-state index in [0.717, 1.165) is 16.4 Å². The summed E-state index contributed by atoms with van der Waals surface area (Å²) < 4.78 is 78.6. The molecule has 2 fully saturated rings. The monoisotopic (exact) mass is 530 g/mol. The molecule has 0 unspecified atom stereocenters. The first-order chi connectivity index (χ1) is 17.8. The molecule has 37 heavy (non-hydrogen) atoms. The first-order valence-electron chi connectivity index (χ1n) is 11.6. The number of fused-ring (bicyclic) bond motifs is 1. The smallest absolute Gasteiger partial charge is 0.245 e. The van der Waals surface area contributed by atoms with Crippen LogP contribution in [0.15, 0.2) is 66.0 Å². The zero-order chi connectivity index (χ0) is 25.8. The highest BCUT2D eigenvalue weighted by Gasteiger charge is 2.57. The van der Waals surface area contributed by atoms with E-state index in [0.29, 0.717) is 5.69 Å². The zero-order valence-corrected chi connectivity index (χ0v) is 20.2. The molecule has 9 nitrogen and oxygen atoms in total. The Morgan fingerprint density at radius 1 is 1.05 bits per heavy atom. The van der Waals surface area contributed by atoms with E-state index in [-0.39, 0.29) is 54.4 Å². The average molecular weight is 531 g/mol. The van der Waals surface area contributed by atoms with Crippen molar-refractivity contribution in [3.05, 3.63) is 72.7 Å². The molecular formula is C24H21F3N6O3S. The summed E-state index contributed by atoms with van der Waals surface area (Å²) in [6.45, 7) is 0.0819. The van der Waals surface area contributed by atoms with Crippen LogP contribution < -0.4 is 4.90 Å². The number of anilines is 1. The summed E-state index contributed by atoms with van der Waals surface area (Å²) in [6, 6.07) is 9.83. The van der Waals surface area contributed by atoms with Crippen molar-refractivity contribution in [3.63, 3.8) is 0 Å². The normalized spacial score (nSPS) is 22.8. The van der Waals surface area contributed by atoms with E-state index >= 15 is 4.39 Å². The fourth-order valence-corrected chi connectivity index (χ4v) is 6.61. The van der Waals surface area contributed by atoms with E-state index in [1.807, 2.05) is 0 Å². The van der Waals surface area contributed by atoms with Crippen molar-refractivity contribution in [1.29, 1.82) is 0 Å². The van der Waals surface area contributed by atoms with Crippen molar-refractivity contribution >= 4 is 26.9 Å². The molecule has 2 aliphatic rings. The number of hydrogen-bond acceptors (Lipinski definition) is 7. The van der Waals surface area contributed by atoms with Crippen molar-refractivity contribution in [1.82, 2.24) is 24.1 Å². The number of rotatable bonds is 4. The van der Waals surface area contributed by atoms with Gasteiger partial charge in [0, 0.05) is 44.0 Å². The summed E-state index contributed by atoms with van der Waals surface area (Å²) in [5, 5.41) is 4.13. The van der Waals surface area contributed by atoms with Crippen molar-refractivity contribution in [2.75, 3.05) is 31.1 Å². The lowest BCUT2D eigenvalue weighted by molar-refractivity contribution is -0.116. The summed E-state index contributed by atoms with van der Waals surface area (Å²) in [5.74, 6) is -1.82. The molecule has 4 heterocycles. The molecule has 2 atom stereocenters. The molecule has 2 aromatic heterocycles. The van der Waals surface area contributed by atoms with Crippen molar-refractivity contribution in [3.8, 4) is 5.69 Å². The van der Waals surface area contributed by atoms with Gasteiger partial charge in [-0.1, -0.05) is 0 Å². The minimum atomic E-state index is -4.07. The van der Waals surface area contributed by atoms with Gasteiger partial charge in [0.05, 0.1) is 41.0 Å². The second kappa shape index (κ2) is 8.78. The summed E-state index contributed by atoms with van der Waals surface area (Å²) in [5.41, 5.74) is -0.669. The van der Waals surface area contributed by atoms with Gasteiger partial charge in [0.1, 0.15) is 5.82 Å². The predicted molar refractivity (Wildman–Crippen MR) is 127 cm³/mol. The molecule has 2 saturated heterocycles. The third kappa shape index (κ3) is 3.93. The van der Waals surface area contributed by atoms with Gasteiger partial charge in [0.2, 0.25) is 10.0 Å². The van der Waals surface area contributed by atoms with Crippen molar-refractivity contribution in [2.45, 2.75) is 23.2 Å². The molecule has 0 radical (unpaired) electrons. The van der Waals surface area contributed by atoms with Gasteiger partial charge in [-0.25, -0.2) is 31.3 Å². The van der Waals surface area contributed by atoms with Gasteiger partial charge in [-0.15, -0.1) is 0 Å². The van der Waals surface area contributed by atoms with Crippen LogP contribution in [0.2, 0.25) is 0 Å². The van der Waals surface area contributed by atoms with E-state index in [4.69, 9.17) is 4.74 Å². The molecule has 6 rings (SSSR count). The van der Waals surface area contributed by atoms with Crippen LogP contribution in [0.1, 0.15) is 6.42 Å². The van der Waals surface area contributed by atoms with Crippen molar-refractivity contribution < 1.29 is 26.3 Å². The maximum Gasteiger partial charge on any atom is 0.245 e. The Morgan fingerprint density at radius 2 is 1.81 bits per heavy atom. The lowest BCUT2D eigenvalue weighted by Crippen LogP contribution is -2.62. The molecule has 0 aliphatic carbocycles. The summed E-state index contributed by atoms with van der Waals surface area (Å²) in [4.78, 5) is 10.0. The fraction of sp³-hybridized carbons (Fsp3) is 0.292. The minimum absolute atomic E-state index is 0.0181.